The van der Waals surface area contributed by atoms with Crippen LogP contribution < -0.4 is 5.32 Å². The van der Waals surface area contributed by atoms with Gasteiger partial charge in [0.1, 0.15) is 5.82 Å². The second-order valence-corrected chi connectivity index (χ2v) is 7.16. The summed E-state index contributed by atoms with van der Waals surface area (Å²) in [5.41, 5.74) is 3.14. The minimum Gasteiger partial charge on any atom is -0.341 e. The number of likely N-dealkylation sites (tertiary alicyclic amines) is 1. The number of carbonyl (C=O) groups is 1. The van der Waals surface area contributed by atoms with Crippen LogP contribution in [0.15, 0.2) is 54.6 Å². The Hall–Kier alpha value is -2.66. The molecule has 1 unspecified atom stereocenters. The molecule has 0 spiro atoms. The minimum absolute atomic E-state index is 0.224. The molecule has 0 aliphatic carbocycles. The van der Waals surface area contributed by atoms with E-state index in [-0.39, 0.29) is 5.91 Å². The van der Waals surface area contributed by atoms with Gasteiger partial charge in [-0.1, -0.05) is 30.3 Å². The SMILES string of the molecule is CNC1CCCN(C(=O)CCc2nc3ccccc3n2-c2ccccc2)C1. The summed E-state index contributed by atoms with van der Waals surface area (Å²) in [5, 5.41) is 3.30. The highest BCUT2D eigenvalue weighted by molar-refractivity contribution is 5.79. The molecule has 1 saturated heterocycles. The molecular weight excluding hydrogens is 336 g/mol. The molecule has 140 valence electrons. The summed E-state index contributed by atoms with van der Waals surface area (Å²) >= 11 is 0. The summed E-state index contributed by atoms with van der Waals surface area (Å²) in [6, 6.07) is 18.8. The van der Waals surface area contributed by atoms with Gasteiger partial charge in [-0.25, -0.2) is 4.98 Å². The molecule has 2 heterocycles. The fourth-order valence-electron chi connectivity index (χ4n) is 3.92. The number of amides is 1. The van der Waals surface area contributed by atoms with E-state index in [1.165, 1.54) is 0 Å². The molecule has 1 amide bonds. The first-order valence-electron chi connectivity index (χ1n) is 9.73. The maximum Gasteiger partial charge on any atom is 0.223 e. The van der Waals surface area contributed by atoms with E-state index >= 15 is 0 Å². The second kappa shape index (κ2) is 7.92. The van der Waals surface area contributed by atoms with Gasteiger partial charge in [-0.05, 0) is 44.2 Å². The lowest BCUT2D eigenvalue weighted by Crippen LogP contribution is -2.47. The Bertz CT molecular complexity index is 918. The first-order valence-corrected chi connectivity index (χ1v) is 9.73. The molecule has 0 bridgehead atoms. The van der Waals surface area contributed by atoms with Crippen molar-refractivity contribution in [2.75, 3.05) is 20.1 Å². The molecular formula is C22H26N4O. The Kier molecular flexibility index (Phi) is 5.21. The molecule has 2 aromatic carbocycles. The van der Waals surface area contributed by atoms with Crippen LogP contribution in [0, 0.1) is 0 Å². The number of aromatic nitrogens is 2. The Balaban J connectivity index is 1.56. The number of benzene rings is 2. The second-order valence-electron chi connectivity index (χ2n) is 7.16. The first-order chi connectivity index (χ1) is 13.3. The number of fused-ring (bicyclic) bond motifs is 1. The summed E-state index contributed by atoms with van der Waals surface area (Å²) in [6.45, 7) is 1.68. The normalized spacial score (nSPS) is 17.4. The molecule has 1 N–H and O–H groups in total. The van der Waals surface area contributed by atoms with E-state index in [1.807, 2.05) is 48.3 Å². The van der Waals surface area contributed by atoms with Crippen molar-refractivity contribution in [2.45, 2.75) is 31.7 Å². The van der Waals surface area contributed by atoms with E-state index in [9.17, 15) is 4.79 Å². The average molecular weight is 362 g/mol. The number of carbonyl (C=O) groups excluding carboxylic acids is 1. The van der Waals surface area contributed by atoms with Crippen LogP contribution in [-0.4, -0.2) is 46.5 Å². The summed E-state index contributed by atoms with van der Waals surface area (Å²) in [6.07, 6.45) is 3.35. The third kappa shape index (κ3) is 3.74. The van der Waals surface area contributed by atoms with Crippen molar-refractivity contribution in [1.29, 1.82) is 0 Å². The summed E-state index contributed by atoms with van der Waals surface area (Å²) in [5.74, 6) is 1.17. The van der Waals surface area contributed by atoms with Gasteiger partial charge in [-0.15, -0.1) is 0 Å². The van der Waals surface area contributed by atoms with Crippen molar-refractivity contribution in [3.8, 4) is 5.69 Å². The topological polar surface area (TPSA) is 50.2 Å². The van der Waals surface area contributed by atoms with Crippen LogP contribution in [0.1, 0.15) is 25.1 Å². The van der Waals surface area contributed by atoms with Crippen LogP contribution in [0.25, 0.3) is 16.7 Å². The number of nitrogens with zero attached hydrogens (tertiary/aromatic N) is 3. The molecule has 5 heteroatoms. The van der Waals surface area contributed by atoms with Gasteiger partial charge in [0.05, 0.1) is 11.0 Å². The maximum absolute atomic E-state index is 12.8. The number of aryl methyl sites for hydroxylation is 1. The highest BCUT2D eigenvalue weighted by atomic mass is 16.2. The van der Waals surface area contributed by atoms with Crippen LogP contribution >= 0.6 is 0 Å². The molecule has 4 rings (SSSR count). The maximum atomic E-state index is 12.8. The minimum atomic E-state index is 0.224. The fraction of sp³-hybridized carbons (Fsp3) is 0.364. The van der Waals surface area contributed by atoms with Crippen LogP contribution in [0.2, 0.25) is 0 Å². The Morgan fingerprint density at radius 3 is 2.74 bits per heavy atom. The van der Waals surface area contributed by atoms with Crippen molar-refractivity contribution in [3.63, 3.8) is 0 Å². The number of nitrogens with one attached hydrogen (secondary N) is 1. The van der Waals surface area contributed by atoms with Crippen LogP contribution in [0.5, 0.6) is 0 Å². The largest absolute Gasteiger partial charge is 0.341 e. The van der Waals surface area contributed by atoms with Crippen LogP contribution in [0.3, 0.4) is 0 Å². The van der Waals surface area contributed by atoms with Crippen LogP contribution in [0.4, 0.5) is 0 Å². The van der Waals surface area contributed by atoms with E-state index in [4.69, 9.17) is 4.98 Å². The average Bonchev–Trinajstić information content (AvgIpc) is 3.11. The Labute approximate surface area is 160 Å². The predicted molar refractivity (Wildman–Crippen MR) is 108 cm³/mol. The zero-order valence-electron chi connectivity index (χ0n) is 15.8. The van der Waals surface area contributed by atoms with Gasteiger partial charge in [-0.2, -0.15) is 0 Å². The van der Waals surface area contributed by atoms with Gasteiger partial charge in [0.25, 0.3) is 0 Å². The number of likely N-dealkylation sites (N-methyl/N-ethyl adjacent to an activating group) is 1. The van der Waals surface area contributed by atoms with Crippen molar-refractivity contribution >= 4 is 16.9 Å². The molecule has 1 fully saturated rings. The van der Waals surface area contributed by atoms with E-state index in [2.05, 4.69) is 28.1 Å². The van der Waals surface area contributed by atoms with Crippen molar-refractivity contribution in [2.24, 2.45) is 0 Å². The predicted octanol–water partition coefficient (Wildman–Crippen LogP) is 3.17. The fourth-order valence-corrected chi connectivity index (χ4v) is 3.92. The Morgan fingerprint density at radius 2 is 1.93 bits per heavy atom. The molecule has 1 aliphatic heterocycles. The summed E-state index contributed by atoms with van der Waals surface area (Å²) < 4.78 is 2.18. The quantitative estimate of drug-likeness (QED) is 0.758. The number of hydrogen-bond acceptors (Lipinski definition) is 3. The third-order valence-electron chi connectivity index (χ3n) is 5.39. The van der Waals surface area contributed by atoms with E-state index in [0.717, 1.165) is 48.5 Å². The zero-order valence-corrected chi connectivity index (χ0v) is 15.8. The lowest BCUT2D eigenvalue weighted by Gasteiger charge is -2.32. The highest BCUT2D eigenvalue weighted by Gasteiger charge is 2.23. The van der Waals surface area contributed by atoms with E-state index in [0.29, 0.717) is 18.9 Å². The van der Waals surface area contributed by atoms with Gasteiger partial charge in [0, 0.05) is 37.7 Å². The van der Waals surface area contributed by atoms with Crippen LogP contribution in [-0.2, 0) is 11.2 Å². The molecule has 0 saturated carbocycles. The van der Waals surface area contributed by atoms with Gasteiger partial charge in [0.2, 0.25) is 5.91 Å². The lowest BCUT2D eigenvalue weighted by atomic mass is 10.1. The van der Waals surface area contributed by atoms with E-state index in [1.54, 1.807) is 0 Å². The lowest BCUT2D eigenvalue weighted by molar-refractivity contribution is -0.132. The number of imidazole rings is 1. The summed E-state index contributed by atoms with van der Waals surface area (Å²) in [7, 11) is 1.97. The number of hydrogen-bond donors (Lipinski definition) is 1. The van der Waals surface area contributed by atoms with Crippen molar-refractivity contribution < 1.29 is 4.79 Å². The molecule has 3 aromatic rings. The molecule has 0 radical (unpaired) electrons. The van der Waals surface area contributed by atoms with E-state index < -0.39 is 0 Å². The molecule has 1 aromatic heterocycles. The van der Waals surface area contributed by atoms with Gasteiger partial charge in [0.15, 0.2) is 0 Å². The molecule has 5 nitrogen and oxygen atoms in total. The highest BCUT2D eigenvalue weighted by Crippen LogP contribution is 2.22. The third-order valence-corrected chi connectivity index (χ3v) is 5.39. The monoisotopic (exact) mass is 362 g/mol. The van der Waals surface area contributed by atoms with Crippen molar-refractivity contribution in [1.82, 2.24) is 19.8 Å². The van der Waals surface area contributed by atoms with Gasteiger partial charge in [-0.3, -0.25) is 9.36 Å². The molecule has 1 aliphatic rings. The first kappa shape index (κ1) is 17.7. The number of piperidine rings is 1. The molecule has 27 heavy (non-hydrogen) atoms. The number of rotatable bonds is 5. The van der Waals surface area contributed by atoms with Gasteiger partial charge < -0.3 is 10.2 Å². The van der Waals surface area contributed by atoms with Crippen molar-refractivity contribution in [3.05, 3.63) is 60.4 Å². The molecule has 1 atom stereocenters. The Morgan fingerprint density at radius 1 is 1.15 bits per heavy atom. The number of para-hydroxylation sites is 3. The smallest absolute Gasteiger partial charge is 0.223 e. The zero-order chi connectivity index (χ0) is 18.6. The van der Waals surface area contributed by atoms with Gasteiger partial charge >= 0.3 is 0 Å². The summed E-state index contributed by atoms with van der Waals surface area (Å²) in [4.78, 5) is 19.6. The standard InChI is InChI=1S/C22H26N4O/c1-23-17-8-7-15-25(16-17)22(27)14-13-21-24-19-11-5-6-12-20(19)26(21)18-9-3-2-4-10-18/h2-6,9-12,17,23H,7-8,13-16H2,1H3.